The third-order valence-corrected chi connectivity index (χ3v) is 3.22. The van der Waals surface area contributed by atoms with Gasteiger partial charge in [0.25, 0.3) is 0 Å². The van der Waals surface area contributed by atoms with Gasteiger partial charge in [-0.05, 0) is 17.5 Å². The summed E-state index contributed by atoms with van der Waals surface area (Å²) in [5, 5.41) is 21.1. The molecule has 1 heterocycles. The molecule has 2 rings (SSSR count). The van der Waals surface area contributed by atoms with E-state index in [1.807, 2.05) is 11.4 Å². The zero-order valence-electron chi connectivity index (χ0n) is 6.41. The number of nitriles is 1. The molecule has 0 aliphatic carbocycles. The van der Waals surface area contributed by atoms with E-state index in [4.69, 9.17) is 16.9 Å². The minimum atomic E-state index is 0.109. The molecule has 0 radical (unpaired) electrons. The number of halogens is 1. The Balaban J connectivity index is 2.95. The zero-order valence-corrected chi connectivity index (χ0v) is 7.99. The molecule has 0 bridgehead atoms. The van der Waals surface area contributed by atoms with Crippen molar-refractivity contribution in [3.8, 4) is 11.8 Å². The first-order valence-electron chi connectivity index (χ1n) is 3.53. The summed E-state index contributed by atoms with van der Waals surface area (Å²) in [4.78, 5) is 0. The van der Waals surface area contributed by atoms with Crippen molar-refractivity contribution in [3.05, 3.63) is 28.1 Å². The molecule has 1 N–H and O–H groups in total. The summed E-state index contributed by atoms with van der Waals surface area (Å²) >= 11 is 7.35. The van der Waals surface area contributed by atoms with Gasteiger partial charge in [0.15, 0.2) is 0 Å². The van der Waals surface area contributed by atoms with Crippen LogP contribution in [-0.4, -0.2) is 5.11 Å². The van der Waals surface area contributed by atoms with Crippen molar-refractivity contribution in [2.24, 2.45) is 0 Å². The SMILES string of the molecule is N#Cc1cc(O)c2ccsc2c1Cl. The van der Waals surface area contributed by atoms with Gasteiger partial charge in [-0.2, -0.15) is 5.26 Å². The van der Waals surface area contributed by atoms with Crippen molar-refractivity contribution in [1.29, 1.82) is 5.26 Å². The second-order valence-electron chi connectivity index (χ2n) is 2.53. The molecule has 0 aliphatic rings. The predicted molar refractivity (Wildman–Crippen MR) is 53.2 cm³/mol. The van der Waals surface area contributed by atoms with E-state index in [0.29, 0.717) is 16.0 Å². The van der Waals surface area contributed by atoms with Gasteiger partial charge in [0.05, 0.1) is 15.3 Å². The molecule has 0 fully saturated rings. The van der Waals surface area contributed by atoms with E-state index in [2.05, 4.69) is 0 Å². The minimum Gasteiger partial charge on any atom is -0.507 e. The number of hydrogen-bond acceptors (Lipinski definition) is 3. The number of aromatic hydroxyl groups is 1. The average Bonchev–Trinajstić information content (AvgIpc) is 2.60. The first-order valence-corrected chi connectivity index (χ1v) is 4.78. The molecule has 1 aromatic carbocycles. The summed E-state index contributed by atoms with van der Waals surface area (Å²) in [5.74, 6) is 0.109. The van der Waals surface area contributed by atoms with Gasteiger partial charge >= 0.3 is 0 Å². The standard InChI is InChI=1S/C9H4ClNOS/c10-8-5(4-11)3-7(12)6-1-2-13-9(6)8/h1-3,12H. The molecular formula is C9H4ClNOS. The predicted octanol–water partition coefficient (Wildman–Crippen LogP) is 3.13. The molecule has 2 aromatic rings. The van der Waals surface area contributed by atoms with Crippen molar-refractivity contribution in [2.45, 2.75) is 0 Å². The molecular weight excluding hydrogens is 206 g/mol. The molecule has 0 saturated carbocycles. The zero-order chi connectivity index (χ0) is 9.42. The van der Waals surface area contributed by atoms with Gasteiger partial charge in [-0.25, -0.2) is 0 Å². The smallest absolute Gasteiger partial charge is 0.125 e. The molecule has 0 unspecified atom stereocenters. The number of rotatable bonds is 0. The maximum Gasteiger partial charge on any atom is 0.125 e. The van der Waals surface area contributed by atoms with Gasteiger partial charge in [0, 0.05) is 5.39 Å². The van der Waals surface area contributed by atoms with Crippen LogP contribution in [0, 0.1) is 11.3 Å². The molecule has 0 aliphatic heterocycles. The van der Waals surface area contributed by atoms with Crippen molar-refractivity contribution in [3.63, 3.8) is 0 Å². The second-order valence-corrected chi connectivity index (χ2v) is 3.83. The summed E-state index contributed by atoms with van der Waals surface area (Å²) in [7, 11) is 0. The second kappa shape index (κ2) is 2.91. The quantitative estimate of drug-likeness (QED) is 0.725. The maximum absolute atomic E-state index is 9.49. The number of hydrogen-bond donors (Lipinski definition) is 1. The lowest BCUT2D eigenvalue weighted by Crippen LogP contribution is -1.77. The van der Waals surface area contributed by atoms with Gasteiger partial charge in [-0.15, -0.1) is 11.3 Å². The molecule has 0 atom stereocenters. The van der Waals surface area contributed by atoms with E-state index >= 15 is 0 Å². The van der Waals surface area contributed by atoms with Gasteiger partial charge in [-0.3, -0.25) is 0 Å². The Bertz CT molecular complexity index is 512. The van der Waals surface area contributed by atoms with E-state index < -0.39 is 0 Å². The van der Waals surface area contributed by atoms with Crippen LogP contribution in [-0.2, 0) is 0 Å². The Morgan fingerprint density at radius 1 is 1.54 bits per heavy atom. The molecule has 0 saturated heterocycles. The number of nitrogens with zero attached hydrogens (tertiary/aromatic N) is 1. The molecule has 13 heavy (non-hydrogen) atoms. The largest absolute Gasteiger partial charge is 0.507 e. The molecule has 4 heteroatoms. The molecule has 64 valence electrons. The lowest BCUT2D eigenvalue weighted by molar-refractivity contribution is 0.481. The average molecular weight is 210 g/mol. The number of benzene rings is 1. The number of fused-ring (bicyclic) bond motifs is 1. The van der Waals surface area contributed by atoms with Crippen LogP contribution in [0.3, 0.4) is 0 Å². The fraction of sp³-hybridized carbons (Fsp3) is 0. The third-order valence-electron chi connectivity index (χ3n) is 1.78. The lowest BCUT2D eigenvalue weighted by Gasteiger charge is -1.99. The van der Waals surface area contributed by atoms with Crippen LogP contribution < -0.4 is 0 Å². The van der Waals surface area contributed by atoms with Gasteiger partial charge in [0.1, 0.15) is 11.8 Å². The fourth-order valence-corrected chi connectivity index (χ4v) is 2.35. The third kappa shape index (κ3) is 1.15. The van der Waals surface area contributed by atoms with Crippen LogP contribution in [0.25, 0.3) is 10.1 Å². The van der Waals surface area contributed by atoms with E-state index in [1.165, 1.54) is 17.4 Å². The van der Waals surface area contributed by atoms with E-state index in [9.17, 15) is 5.11 Å². The van der Waals surface area contributed by atoms with Crippen LogP contribution in [0.5, 0.6) is 5.75 Å². The monoisotopic (exact) mass is 209 g/mol. The Kier molecular flexibility index (Phi) is 1.87. The van der Waals surface area contributed by atoms with Gasteiger partial charge in [0.2, 0.25) is 0 Å². The Morgan fingerprint density at radius 3 is 3.00 bits per heavy atom. The van der Waals surface area contributed by atoms with Crippen LogP contribution >= 0.6 is 22.9 Å². The highest BCUT2D eigenvalue weighted by atomic mass is 35.5. The van der Waals surface area contributed by atoms with Crippen LogP contribution in [0.15, 0.2) is 17.5 Å². The molecule has 0 spiro atoms. The highest BCUT2D eigenvalue weighted by Crippen LogP contribution is 2.37. The molecule has 1 aromatic heterocycles. The summed E-state index contributed by atoms with van der Waals surface area (Å²) in [6.07, 6.45) is 0. The van der Waals surface area contributed by atoms with Crippen molar-refractivity contribution < 1.29 is 5.11 Å². The molecule has 0 amide bonds. The van der Waals surface area contributed by atoms with Crippen LogP contribution in [0.2, 0.25) is 5.02 Å². The minimum absolute atomic E-state index is 0.109. The maximum atomic E-state index is 9.49. The van der Waals surface area contributed by atoms with Crippen LogP contribution in [0.4, 0.5) is 0 Å². The Labute approximate surface area is 83.6 Å². The highest BCUT2D eigenvalue weighted by Gasteiger charge is 2.10. The van der Waals surface area contributed by atoms with Crippen LogP contribution in [0.1, 0.15) is 5.56 Å². The number of phenols is 1. The normalized spacial score (nSPS) is 10.2. The van der Waals surface area contributed by atoms with E-state index in [1.54, 1.807) is 6.07 Å². The summed E-state index contributed by atoms with van der Waals surface area (Å²) in [6, 6.07) is 5.10. The summed E-state index contributed by atoms with van der Waals surface area (Å²) in [6.45, 7) is 0. The topological polar surface area (TPSA) is 44.0 Å². The number of phenolic OH excluding ortho intramolecular Hbond substituents is 1. The Hall–Kier alpha value is -1.24. The van der Waals surface area contributed by atoms with Gasteiger partial charge in [-0.1, -0.05) is 11.6 Å². The summed E-state index contributed by atoms with van der Waals surface area (Å²) in [5.41, 5.74) is 0.314. The van der Waals surface area contributed by atoms with Gasteiger partial charge < -0.3 is 5.11 Å². The fourth-order valence-electron chi connectivity index (χ4n) is 1.16. The first-order chi connectivity index (χ1) is 6.24. The van der Waals surface area contributed by atoms with Crippen molar-refractivity contribution >= 4 is 33.0 Å². The van der Waals surface area contributed by atoms with Crippen molar-refractivity contribution in [2.75, 3.05) is 0 Å². The summed E-state index contributed by atoms with van der Waals surface area (Å²) < 4.78 is 0.762. The number of thiophene rings is 1. The van der Waals surface area contributed by atoms with E-state index in [-0.39, 0.29) is 5.75 Å². The first kappa shape index (κ1) is 8.36. The molecule has 2 nitrogen and oxygen atoms in total. The van der Waals surface area contributed by atoms with E-state index in [0.717, 1.165) is 4.70 Å². The lowest BCUT2D eigenvalue weighted by atomic mass is 10.2. The highest BCUT2D eigenvalue weighted by molar-refractivity contribution is 7.18. The Morgan fingerprint density at radius 2 is 2.31 bits per heavy atom. The van der Waals surface area contributed by atoms with Crippen molar-refractivity contribution in [1.82, 2.24) is 0 Å².